The van der Waals surface area contributed by atoms with Crippen molar-refractivity contribution in [2.75, 3.05) is 13.1 Å². The number of sulfonamides is 1. The molecule has 1 aromatic carbocycles. The first-order chi connectivity index (χ1) is 10.4. The summed E-state index contributed by atoms with van der Waals surface area (Å²) in [5.41, 5.74) is 0. The number of hydrogen-bond acceptors (Lipinski definition) is 2. The van der Waals surface area contributed by atoms with E-state index in [-0.39, 0.29) is 4.90 Å². The number of rotatable bonds is 10. The summed E-state index contributed by atoms with van der Waals surface area (Å²) < 4.78 is 53.0. The monoisotopic (exact) mass is 333 g/mol. The fourth-order valence-corrected chi connectivity index (χ4v) is 3.74. The summed E-state index contributed by atoms with van der Waals surface area (Å²) in [5.74, 6) is -2.18. The van der Waals surface area contributed by atoms with E-state index in [2.05, 4.69) is 0 Å². The number of unbranched alkanes of at least 4 members (excludes halogenated alkanes) is 4. The van der Waals surface area contributed by atoms with Gasteiger partial charge in [0, 0.05) is 13.1 Å². The average molecular weight is 333 g/mol. The molecule has 6 heteroatoms. The van der Waals surface area contributed by atoms with Crippen molar-refractivity contribution < 1.29 is 17.2 Å². The molecule has 0 aliphatic carbocycles. The minimum atomic E-state index is -3.77. The molecule has 0 aliphatic heterocycles. The quantitative estimate of drug-likeness (QED) is 0.597. The van der Waals surface area contributed by atoms with Crippen LogP contribution in [0.5, 0.6) is 0 Å². The smallest absolute Gasteiger partial charge is 0.207 e. The molecule has 0 saturated heterocycles. The van der Waals surface area contributed by atoms with Crippen molar-refractivity contribution in [3.8, 4) is 0 Å². The lowest BCUT2D eigenvalue weighted by Gasteiger charge is -2.22. The van der Waals surface area contributed by atoms with Gasteiger partial charge in [0.25, 0.3) is 0 Å². The predicted molar refractivity (Wildman–Crippen MR) is 84.2 cm³/mol. The highest BCUT2D eigenvalue weighted by atomic mass is 32.2. The minimum Gasteiger partial charge on any atom is -0.207 e. The molecule has 0 aliphatic rings. The molecule has 3 nitrogen and oxygen atoms in total. The van der Waals surface area contributed by atoms with Crippen molar-refractivity contribution >= 4 is 10.0 Å². The molecule has 1 aromatic rings. The molecule has 0 amide bonds. The Morgan fingerprint density at radius 3 is 1.91 bits per heavy atom. The summed E-state index contributed by atoms with van der Waals surface area (Å²) in [7, 11) is -3.77. The first-order valence-electron chi connectivity index (χ1n) is 7.88. The van der Waals surface area contributed by atoms with E-state index in [1.807, 2.05) is 13.8 Å². The van der Waals surface area contributed by atoms with E-state index < -0.39 is 21.7 Å². The van der Waals surface area contributed by atoms with Gasteiger partial charge in [-0.05, 0) is 31.0 Å². The van der Waals surface area contributed by atoms with E-state index >= 15 is 0 Å². The molecule has 0 heterocycles. The molecule has 0 N–H and O–H groups in total. The van der Waals surface area contributed by atoms with E-state index in [0.717, 1.165) is 56.7 Å². The standard InChI is InChI=1S/C16H25F2NO2S/c1-3-5-7-11-19(12-8-6-4-2)22(20,21)14-9-10-15(17)16(18)13-14/h9-10,13H,3-8,11-12H2,1-2H3. The number of hydrogen-bond donors (Lipinski definition) is 0. The number of halogens is 2. The third kappa shape index (κ3) is 5.32. The zero-order valence-electron chi connectivity index (χ0n) is 13.3. The Labute approximate surface area is 132 Å². The molecular weight excluding hydrogens is 308 g/mol. The molecular formula is C16H25F2NO2S. The first kappa shape index (κ1) is 19.0. The van der Waals surface area contributed by atoms with Crippen LogP contribution in [0.1, 0.15) is 52.4 Å². The van der Waals surface area contributed by atoms with Crippen molar-refractivity contribution in [1.82, 2.24) is 4.31 Å². The first-order valence-corrected chi connectivity index (χ1v) is 9.32. The van der Waals surface area contributed by atoms with E-state index in [1.54, 1.807) is 0 Å². The highest BCUT2D eigenvalue weighted by Crippen LogP contribution is 2.20. The molecule has 126 valence electrons. The Morgan fingerprint density at radius 2 is 1.45 bits per heavy atom. The predicted octanol–water partition coefficient (Wildman–Crippen LogP) is 4.34. The Balaban J connectivity index is 2.94. The molecule has 0 saturated carbocycles. The summed E-state index contributed by atoms with van der Waals surface area (Å²) in [5, 5.41) is 0. The lowest BCUT2D eigenvalue weighted by Crippen LogP contribution is -2.33. The van der Waals surface area contributed by atoms with Gasteiger partial charge < -0.3 is 0 Å². The van der Waals surface area contributed by atoms with Crippen LogP contribution < -0.4 is 0 Å². The molecule has 0 unspecified atom stereocenters. The maximum absolute atomic E-state index is 13.3. The van der Waals surface area contributed by atoms with E-state index in [0.29, 0.717) is 13.1 Å². The maximum atomic E-state index is 13.3. The van der Waals surface area contributed by atoms with Gasteiger partial charge in [0.15, 0.2) is 11.6 Å². The second-order valence-corrected chi connectivity index (χ2v) is 7.33. The van der Waals surface area contributed by atoms with Crippen LogP contribution in [0.3, 0.4) is 0 Å². The van der Waals surface area contributed by atoms with Gasteiger partial charge >= 0.3 is 0 Å². The normalized spacial score (nSPS) is 12.0. The lowest BCUT2D eigenvalue weighted by atomic mass is 10.2. The maximum Gasteiger partial charge on any atom is 0.243 e. The molecule has 1 rings (SSSR count). The van der Waals surface area contributed by atoms with Crippen LogP contribution in [0.25, 0.3) is 0 Å². The van der Waals surface area contributed by atoms with Crippen molar-refractivity contribution in [3.05, 3.63) is 29.8 Å². The van der Waals surface area contributed by atoms with Gasteiger partial charge in [0.1, 0.15) is 0 Å². The fourth-order valence-electron chi connectivity index (χ4n) is 2.21. The van der Waals surface area contributed by atoms with Gasteiger partial charge in [-0.25, -0.2) is 17.2 Å². The second-order valence-electron chi connectivity index (χ2n) is 5.39. The molecule has 0 spiro atoms. The zero-order valence-corrected chi connectivity index (χ0v) is 14.1. The van der Waals surface area contributed by atoms with Gasteiger partial charge in [0.05, 0.1) is 4.90 Å². The van der Waals surface area contributed by atoms with Crippen LogP contribution in [0.4, 0.5) is 8.78 Å². The summed E-state index contributed by atoms with van der Waals surface area (Å²) in [6.45, 7) is 4.92. The Kier molecular flexibility index (Phi) is 7.96. The van der Waals surface area contributed by atoms with Gasteiger partial charge in [-0.15, -0.1) is 0 Å². The van der Waals surface area contributed by atoms with Crippen molar-refractivity contribution in [1.29, 1.82) is 0 Å². The Hall–Kier alpha value is -1.01. The molecule has 22 heavy (non-hydrogen) atoms. The molecule has 0 aromatic heterocycles. The van der Waals surface area contributed by atoms with Crippen LogP contribution in [-0.4, -0.2) is 25.8 Å². The van der Waals surface area contributed by atoms with Gasteiger partial charge in [0.2, 0.25) is 10.0 Å². The molecule has 0 fully saturated rings. The minimum absolute atomic E-state index is 0.181. The van der Waals surface area contributed by atoms with Crippen LogP contribution >= 0.6 is 0 Å². The van der Waals surface area contributed by atoms with Gasteiger partial charge in [-0.3, -0.25) is 0 Å². The Bertz CT molecular complexity index is 551. The molecule has 0 atom stereocenters. The Morgan fingerprint density at radius 1 is 0.909 bits per heavy atom. The highest BCUT2D eigenvalue weighted by Gasteiger charge is 2.24. The van der Waals surface area contributed by atoms with Gasteiger partial charge in [-0.2, -0.15) is 4.31 Å². The van der Waals surface area contributed by atoms with Crippen molar-refractivity contribution in [2.24, 2.45) is 0 Å². The van der Waals surface area contributed by atoms with Crippen molar-refractivity contribution in [3.63, 3.8) is 0 Å². The summed E-state index contributed by atoms with van der Waals surface area (Å²) in [6, 6.07) is 2.75. The van der Waals surface area contributed by atoms with Crippen LogP contribution in [0.15, 0.2) is 23.1 Å². The summed E-state index contributed by atoms with van der Waals surface area (Å²) in [6.07, 6.45) is 5.41. The van der Waals surface area contributed by atoms with Crippen molar-refractivity contribution in [2.45, 2.75) is 57.3 Å². The number of nitrogens with zero attached hydrogens (tertiary/aromatic N) is 1. The van der Waals surface area contributed by atoms with E-state index in [4.69, 9.17) is 0 Å². The third-order valence-electron chi connectivity index (χ3n) is 3.55. The highest BCUT2D eigenvalue weighted by molar-refractivity contribution is 7.89. The number of benzene rings is 1. The SMILES string of the molecule is CCCCCN(CCCCC)S(=O)(=O)c1ccc(F)c(F)c1. The van der Waals surface area contributed by atoms with Gasteiger partial charge in [-0.1, -0.05) is 39.5 Å². The van der Waals surface area contributed by atoms with Crippen LogP contribution in [0, 0.1) is 11.6 Å². The topological polar surface area (TPSA) is 37.4 Å². The summed E-state index contributed by atoms with van der Waals surface area (Å²) >= 11 is 0. The lowest BCUT2D eigenvalue weighted by molar-refractivity contribution is 0.388. The van der Waals surface area contributed by atoms with Crippen LogP contribution in [-0.2, 0) is 10.0 Å². The fraction of sp³-hybridized carbons (Fsp3) is 0.625. The summed E-state index contributed by atoms with van der Waals surface area (Å²) in [4.78, 5) is -0.181. The third-order valence-corrected chi connectivity index (χ3v) is 5.45. The average Bonchev–Trinajstić information content (AvgIpc) is 2.48. The van der Waals surface area contributed by atoms with Crippen LogP contribution in [0.2, 0.25) is 0 Å². The molecule has 0 radical (unpaired) electrons. The second kappa shape index (κ2) is 9.20. The zero-order chi connectivity index (χ0) is 16.6. The van der Waals surface area contributed by atoms with E-state index in [1.165, 1.54) is 4.31 Å². The largest absolute Gasteiger partial charge is 0.243 e. The van der Waals surface area contributed by atoms with E-state index in [9.17, 15) is 17.2 Å². The molecule has 0 bridgehead atoms.